The van der Waals surface area contributed by atoms with Crippen molar-refractivity contribution in [3.8, 4) is 0 Å². The highest BCUT2D eigenvalue weighted by atomic mass is 19.1. The van der Waals surface area contributed by atoms with Crippen LogP contribution in [-0.4, -0.2) is 37.6 Å². The Kier molecular flexibility index (Phi) is 9.13. The van der Waals surface area contributed by atoms with Gasteiger partial charge in [0.2, 0.25) is 5.91 Å². The van der Waals surface area contributed by atoms with Crippen molar-refractivity contribution in [2.24, 2.45) is 11.8 Å². The number of nitrogens with one attached hydrogen (secondary N) is 2. The molecule has 0 spiro atoms. The fourth-order valence-corrected chi connectivity index (χ4v) is 2.18. The highest BCUT2D eigenvalue weighted by Gasteiger charge is 2.24. The average Bonchev–Trinajstić information content (AvgIpc) is 2.55. The maximum Gasteiger partial charge on any atom is 0.251 e. The van der Waals surface area contributed by atoms with Crippen molar-refractivity contribution in [1.82, 2.24) is 10.6 Å². The quantitative estimate of drug-likeness (QED) is 0.636. The first kappa shape index (κ1) is 21.1. The largest absolute Gasteiger partial charge is 0.381 e. The second kappa shape index (κ2) is 10.8. The molecule has 0 aliphatic carbocycles. The molecule has 0 bridgehead atoms. The van der Waals surface area contributed by atoms with Gasteiger partial charge in [0.15, 0.2) is 0 Å². The second-order valence-electron chi connectivity index (χ2n) is 6.82. The van der Waals surface area contributed by atoms with Gasteiger partial charge >= 0.3 is 0 Å². The molecule has 5 nitrogen and oxygen atoms in total. The van der Waals surface area contributed by atoms with Gasteiger partial charge < -0.3 is 15.4 Å². The summed E-state index contributed by atoms with van der Waals surface area (Å²) in [6.45, 7) is 9.68. The van der Waals surface area contributed by atoms with E-state index >= 15 is 0 Å². The Morgan fingerprint density at radius 1 is 1.12 bits per heavy atom. The maximum atomic E-state index is 12.9. The molecule has 0 aliphatic rings. The van der Waals surface area contributed by atoms with Crippen molar-refractivity contribution in [1.29, 1.82) is 0 Å². The maximum absolute atomic E-state index is 12.9. The van der Waals surface area contributed by atoms with Gasteiger partial charge in [-0.3, -0.25) is 9.59 Å². The second-order valence-corrected chi connectivity index (χ2v) is 6.82. The Labute approximate surface area is 149 Å². The van der Waals surface area contributed by atoms with E-state index in [0.717, 1.165) is 6.42 Å². The minimum absolute atomic E-state index is 0.0680. The lowest BCUT2D eigenvalue weighted by atomic mass is 10.0. The Balaban J connectivity index is 2.45. The van der Waals surface area contributed by atoms with Gasteiger partial charge in [0.05, 0.1) is 0 Å². The smallest absolute Gasteiger partial charge is 0.251 e. The van der Waals surface area contributed by atoms with Gasteiger partial charge in [-0.25, -0.2) is 4.39 Å². The van der Waals surface area contributed by atoms with E-state index in [1.807, 2.05) is 13.8 Å². The molecule has 2 N–H and O–H groups in total. The van der Waals surface area contributed by atoms with E-state index in [2.05, 4.69) is 24.5 Å². The lowest BCUT2D eigenvalue weighted by molar-refractivity contribution is -0.124. The van der Waals surface area contributed by atoms with Crippen molar-refractivity contribution in [2.75, 3.05) is 19.8 Å². The fourth-order valence-electron chi connectivity index (χ4n) is 2.18. The van der Waals surface area contributed by atoms with Gasteiger partial charge in [0.25, 0.3) is 5.91 Å². The molecule has 1 aromatic carbocycles. The van der Waals surface area contributed by atoms with Gasteiger partial charge in [0, 0.05) is 25.3 Å². The third-order valence-corrected chi connectivity index (χ3v) is 3.56. The van der Waals surface area contributed by atoms with Gasteiger partial charge in [0.1, 0.15) is 11.9 Å². The van der Waals surface area contributed by atoms with E-state index in [1.165, 1.54) is 24.3 Å². The standard InChI is InChI=1S/C19H29FN2O3/c1-13(2)12-25-11-5-10-21-19(24)17(14(3)4)22-18(23)15-6-8-16(20)9-7-15/h6-9,13-14,17H,5,10-12H2,1-4H3,(H,21,24)(H,22,23). The summed E-state index contributed by atoms with van der Waals surface area (Å²) in [5.74, 6) is -0.610. The molecule has 2 amide bonds. The van der Waals surface area contributed by atoms with Crippen molar-refractivity contribution in [3.05, 3.63) is 35.6 Å². The number of carbonyl (C=O) groups excluding carboxylic acids is 2. The summed E-state index contributed by atoms with van der Waals surface area (Å²) in [7, 11) is 0. The molecular weight excluding hydrogens is 323 g/mol. The van der Waals surface area contributed by atoms with E-state index < -0.39 is 17.8 Å². The Hall–Kier alpha value is -1.95. The third-order valence-electron chi connectivity index (χ3n) is 3.56. The number of carbonyl (C=O) groups is 2. The zero-order valence-corrected chi connectivity index (χ0v) is 15.5. The van der Waals surface area contributed by atoms with Crippen LogP contribution in [0.15, 0.2) is 24.3 Å². The zero-order chi connectivity index (χ0) is 18.8. The minimum Gasteiger partial charge on any atom is -0.381 e. The van der Waals surface area contributed by atoms with E-state index in [9.17, 15) is 14.0 Å². The molecule has 0 aromatic heterocycles. The number of rotatable bonds is 10. The molecule has 1 unspecified atom stereocenters. The molecular formula is C19H29FN2O3. The molecule has 0 aliphatic heterocycles. The lowest BCUT2D eigenvalue weighted by Gasteiger charge is -2.21. The van der Waals surface area contributed by atoms with E-state index in [-0.39, 0.29) is 11.8 Å². The number of hydrogen-bond acceptors (Lipinski definition) is 3. The number of ether oxygens (including phenoxy) is 1. The first-order valence-electron chi connectivity index (χ1n) is 8.73. The molecule has 0 saturated heterocycles. The predicted octanol–water partition coefficient (Wildman–Crippen LogP) is 2.76. The van der Waals surface area contributed by atoms with Crippen LogP contribution >= 0.6 is 0 Å². The Morgan fingerprint density at radius 3 is 2.32 bits per heavy atom. The summed E-state index contributed by atoms with van der Waals surface area (Å²) in [4.78, 5) is 24.5. The van der Waals surface area contributed by atoms with Crippen LogP contribution in [0.4, 0.5) is 4.39 Å². The van der Waals surface area contributed by atoms with Crippen LogP contribution in [-0.2, 0) is 9.53 Å². The van der Waals surface area contributed by atoms with Crippen LogP contribution in [0.3, 0.4) is 0 Å². The van der Waals surface area contributed by atoms with Crippen molar-refractivity contribution >= 4 is 11.8 Å². The van der Waals surface area contributed by atoms with Gasteiger partial charge in [-0.1, -0.05) is 27.7 Å². The predicted molar refractivity (Wildman–Crippen MR) is 95.8 cm³/mol. The van der Waals surface area contributed by atoms with Gasteiger partial charge in [-0.05, 0) is 42.5 Å². The number of hydrogen-bond donors (Lipinski definition) is 2. The zero-order valence-electron chi connectivity index (χ0n) is 15.5. The van der Waals surface area contributed by atoms with Crippen LogP contribution in [0.1, 0.15) is 44.5 Å². The van der Waals surface area contributed by atoms with E-state index in [4.69, 9.17) is 4.74 Å². The number of amides is 2. The van der Waals surface area contributed by atoms with Gasteiger partial charge in [-0.15, -0.1) is 0 Å². The molecule has 1 atom stereocenters. The van der Waals surface area contributed by atoms with E-state index in [1.54, 1.807) is 0 Å². The van der Waals surface area contributed by atoms with Gasteiger partial charge in [-0.2, -0.15) is 0 Å². The summed E-state index contributed by atoms with van der Waals surface area (Å²) in [6, 6.07) is 4.58. The summed E-state index contributed by atoms with van der Waals surface area (Å²) >= 11 is 0. The molecule has 0 heterocycles. The fraction of sp³-hybridized carbons (Fsp3) is 0.579. The van der Waals surface area contributed by atoms with Crippen molar-refractivity contribution in [3.63, 3.8) is 0 Å². The molecule has 0 saturated carbocycles. The molecule has 6 heteroatoms. The van der Waals surface area contributed by atoms with Crippen molar-refractivity contribution in [2.45, 2.75) is 40.2 Å². The molecule has 0 radical (unpaired) electrons. The summed E-state index contributed by atoms with van der Waals surface area (Å²) < 4.78 is 18.4. The average molecular weight is 352 g/mol. The molecule has 25 heavy (non-hydrogen) atoms. The summed E-state index contributed by atoms with van der Waals surface area (Å²) in [5.41, 5.74) is 0.321. The van der Waals surface area contributed by atoms with E-state index in [0.29, 0.717) is 31.2 Å². The first-order valence-corrected chi connectivity index (χ1v) is 8.73. The topological polar surface area (TPSA) is 67.4 Å². The van der Waals surface area contributed by atoms with Crippen LogP contribution in [0, 0.1) is 17.7 Å². The minimum atomic E-state index is -0.644. The summed E-state index contributed by atoms with van der Waals surface area (Å²) in [5, 5.41) is 5.54. The monoisotopic (exact) mass is 352 g/mol. The molecule has 0 fully saturated rings. The SMILES string of the molecule is CC(C)COCCCNC(=O)C(NC(=O)c1ccc(F)cc1)C(C)C. The lowest BCUT2D eigenvalue weighted by Crippen LogP contribution is -2.50. The highest BCUT2D eigenvalue weighted by Crippen LogP contribution is 2.07. The first-order chi connectivity index (χ1) is 11.8. The van der Waals surface area contributed by atoms with Crippen molar-refractivity contribution < 1.29 is 18.7 Å². The Bertz CT molecular complexity index is 544. The third kappa shape index (κ3) is 8.12. The van der Waals surface area contributed by atoms with Crippen LogP contribution in [0.2, 0.25) is 0 Å². The highest BCUT2D eigenvalue weighted by molar-refractivity contribution is 5.97. The molecule has 1 aromatic rings. The molecule has 140 valence electrons. The Morgan fingerprint density at radius 2 is 1.76 bits per heavy atom. The van der Waals surface area contributed by atoms with Crippen LogP contribution in [0.25, 0.3) is 0 Å². The van der Waals surface area contributed by atoms with Crippen LogP contribution in [0.5, 0.6) is 0 Å². The number of halogens is 1. The number of benzene rings is 1. The molecule has 1 rings (SSSR count). The normalized spacial score (nSPS) is 12.3. The van der Waals surface area contributed by atoms with Crippen LogP contribution < -0.4 is 10.6 Å². The summed E-state index contributed by atoms with van der Waals surface area (Å²) in [6.07, 6.45) is 0.717.